The molecule has 20 heavy (non-hydrogen) atoms. The van der Waals surface area contributed by atoms with Crippen LogP contribution >= 0.6 is 12.4 Å². The number of rotatable bonds is 2. The summed E-state index contributed by atoms with van der Waals surface area (Å²) in [6, 6.07) is 8.11. The molecule has 0 aliphatic carbocycles. The molecule has 1 saturated heterocycles. The fourth-order valence-corrected chi connectivity index (χ4v) is 3.33. The minimum absolute atomic E-state index is 0. The maximum Gasteiger partial charge on any atom is 0.241 e. The lowest BCUT2D eigenvalue weighted by atomic mass is 9.76. The van der Waals surface area contributed by atoms with Crippen LogP contribution in [0.1, 0.15) is 25.3 Å². The quantitative estimate of drug-likeness (QED) is 0.908. The van der Waals surface area contributed by atoms with E-state index in [1.807, 2.05) is 30.0 Å². The zero-order valence-corrected chi connectivity index (χ0v) is 12.7. The Hall–Kier alpha value is -1.10. The van der Waals surface area contributed by atoms with E-state index in [9.17, 15) is 4.79 Å². The molecule has 5 heteroatoms. The van der Waals surface area contributed by atoms with E-state index in [-0.39, 0.29) is 30.0 Å². The molecule has 1 aromatic carbocycles. The van der Waals surface area contributed by atoms with Crippen LogP contribution in [0.15, 0.2) is 24.3 Å². The number of anilines is 1. The van der Waals surface area contributed by atoms with Crippen molar-refractivity contribution in [2.24, 2.45) is 0 Å². The van der Waals surface area contributed by atoms with E-state index in [2.05, 4.69) is 11.4 Å². The predicted molar refractivity (Wildman–Crippen MR) is 81.4 cm³/mol. The van der Waals surface area contributed by atoms with Crippen molar-refractivity contribution in [1.82, 2.24) is 5.32 Å². The number of nitrogens with one attached hydrogen (secondary N) is 1. The number of nitrogens with zero attached hydrogens (tertiary/aromatic N) is 1. The van der Waals surface area contributed by atoms with Gasteiger partial charge in [-0.3, -0.25) is 9.69 Å². The molecule has 0 aromatic heterocycles. The van der Waals surface area contributed by atoms with Crippen LogP contribution in [0.2, 0.25) is 0 Å². The molecule has 1 N–H and O–H groups in total. The Bertz CT molecular complexity index is 500. The number of ether oxygens (including phenoxy) is 1. The minimum atomic E-state index is -0.387. The first-order chi connectivity index (χ1) is 9.20. The van der Waals surface area contributed by atoms with Gasteiger partial charge in [-0.1, -0.05) is 18.2 Å². The molecular weight excluding hydrogens is 276 g/mol. The molecule has 2 heterocycles. The fourth-order valence-electron chi connectivity index (χ4n) is 3.33. The predicted octanol–water partition coefficient (Wildman–Crippen LogP) is 2.07. The van der Waals surface area contributed by atoms with Gasteiger partial charge in [0, 0.05) is 13.7 Å². The largest absolute Gasteiger partial charge is 0.361 e. The van der Waals surface area contributed by atoms with Gasteiger partial charge in [0.15, 0.2) is 0 Å². The molecule has 2 aliphatic heterocycles. The third kappa shape index (κ3) is 2.03. The zero-order valence-electron chi connectivity index (χ0n) is 11.9. The van der Waals surface area contributed by atoms with Gasteiger partial charge in [-0.15, -0.1) is 12.4 Å². The second kappa shape index (κ2) is 5.72. The number of carbonyl (C=O) groups is 1. The highest BCUT2D eigenvalue weighted by Gasteiger charge is 2.52. The van der Waals surface area contributed by atoms with Gasteiger partial charge in [0.1, 0.15) is 6.23 Å². The van der Waals surface area contributed by atoms with Crippen LogP contribution in [0.5, 0.6) is 0 Å². The van der Waals surface area contributed by atoms with Crippen LogP contribution < -0.4 is 10.2 Å². The normalized spacial score (nSPS) is 26.3. The first-order valence-corrected chi connectivity index (χ1v) is 6.87. The molecule has 0 bridgehead atoms. The van der Waals surface area contributed by atoms with Crippen molar-refractivity contribution in [2.75, 3.05) is 25.1 Å². The molecule has 0 saturated carbocycles. The molecular formula is C15H21ClN2O2. The van der Waals surface area contributed by atoms with Crippen molar-refractivity contribution in [1.29, 1.82) is 0 Å². The minimum Gasteiger partial charge on any atom is -0.361 e. The third-order valence-electron chi connectivity index (χ3n) is 4.40. The summed E-state index contributed by atoms with van der Waals surface area (Å²) in [6.07, 6.45) is 1.73. The average Bonchev–Trinajstić information content (AvgIpc) is 2.70. The molecule has 1 fully saturated rings. The lowest BCUT2D eigenvalue weighted by Gasteiger charge is -2.34. The topological polar surface area (TPSA) is 41.6 Å². The Morgan fingerprint density at radius 1 is 1.40 bits per heavy atom. The second-order valence-corrected chi connectivity index (χ2v) is 5.39. The third-order valence-corrected chi connectivity index (χ3v) is 4.40. The average molecular weight is 297 g/mol. The zero-order chi connectivity index (χ0) is 13.5. The first-order valence-electron chi connectivity index (χ1n) is 6.87. The highest BCUT2D eigenvalue weighted by Crippen LogP contribution is 2.46. The number of hydrogen-bond acceptors (Lipinski definition) is 3. The van der Waals surface area contributed by atoms with Gasteiger partial charge in [0.25, 0.3) is 0 Å². The number of para-hydroxylation sites is 1. The van der Waals surface area contributed by atoms with Gasteiger partial charge in [-0.05, 0) is 37.9 Å². The first kappa shape index (κ1) is 15.3. The van der Waals surface area contributed by atoms with E-state index < -0.39 is 0 Å². The van der Waals surface area contributed by atoms with Gasteiger partial charge in [0.05, 0.1) is 11.1 Å². The van der Waals surface area contributed by atoms with Gasteiger partial charge in [0.2, 0.25) is 5.91 Å². The van der Waals surface area contributed by atoms with Crippen LogP contribution in [0.3, 0.4) is 0 Å². The van der Waals surface area contributed by atoms with E-state index >= 15 is 0 Å². The van der Waals surface area contributed by atoms with Crippen molar-refractivity contribution in [2.45, 2.75) is 31.4 Å². The van der Waals surface area contributed by atoms with Crippen LogP contribution in [0.25, 0.3) is 0 Å². The summed E-state index contributed by atoms with van der Waals surface area (Å²) in [4.78, 5) is 14.8. The second-order valence-electron chi connectivity index (χ2n) is 5.39. The summed E-state index contributed by atoms with van der Waals surface area (Å²) in [7, 11) is 1.64. The van der Waals surface area contributed by atoms with Crippen molar-refractivity contribution in [3.63, 3.8) is 0 Å². The Kier molecular flexibility index (Phi) is 4.37. The standard InChI is InChI=1S/C15H20N2O2.ClH/c1-11(19-2)17-13-7-4-3-6-12(13)15(14(17)18)8-5-9-16-10-15;/h3-4,6-7,11,16H,5,8-10H2,1-2H3;1H. The van der Waals surface area contributed by atoms with E-state index in [0.717, 1.165) is 37.2 Å². The number of halogens is 1. The summed E-state index contributed by atoms with van der Waals surface area (Å²) in [5.74, 6) is 0.176. The number of benzene rings is 1. The molecule has 1 amide bonds. The van der Waals surface area contributed by atoms with Crippen molar-refractivity contribution in [3.8, 4) is 0 Å². The van der Waals surface area contributed by atoms with E-state index in [1.165, 1.54) is 0 Å². The molecule has 4 nitrogen and oxygen atoms in total. The van der Waals surface area contributed by atoms with E-state index in [1.54, 1.807) is 7.11 Å². The maximum absolute atomic E-state index is 12.9. The number of fused-ring (bicyclic) bond motifs is 2. The summed E-state index contributed by atoms with van der Waals surface area (Å²) in [5.41, 5.74) is 1.77. The highest BCUT2D eigenvalue weighted by atomic mass is 35.5. The van der Waals surface area contributed by atoms with Gasteiger partial charge >= 0.3 is 0 Å². The molecule has 2 unspecified atom stereocenters. The maximum atomic E-state index is 12.9. The lowest BCUT2D eigenvalue weighted by molar-refractivity contribution is -0.125. The Labute approximate surface area is 125 Å². The number of piperidine rings is 1. The molecule has 2 atom stereocenters. The van der Waals surface area contributed by atoms with Crippen LogP contribution in [0.4, 0.5) is 5.69 Å². The molecule has 110 valence electrons. The molecule has 0 radical (unpaired) electrons. The smallest absolute Gasteiger partial charge is 0.241 e. The van der Waals surface area contributed by atoms with Crippen molar-refractivity contribution in [3.05, 3.63) is 29.8 Å². The Balaban J connectivity index is 0.00000147. The fraction of sp³-hybridized carbons (Fsp3) is 0.533. The Morgan fingerprint density at radius 2 is 2.15 bits per heavy atom. The SMILES string of the molecule is COC(C)N1C(=O)C2(CCCNC2)c2ccccc21.Cl. The number of carbonyl (C=O) groups excluding carboxylic acids is 1. The lowest BCUT2D eigenvalue weighted by Crippen LogP contribution is -2.52. The van der Waals surface area contributed by atoms with Gasteiger partial charge < -0.3 is 10.1 Å². The van der Waals surface area contributed by atoms with Gasteiger partial charge in [-0.25, -0.2) is 0 Å². The van der Waals surface area contributed by atoms with Crippen LogP contribution in [-0.2, 0) is 14.9 Å². The number of hydrogen-bond donors (Lipinski definition) is 1. The molecule has 3 rings (SSSR count). The van der Waals surface area contributed by atoms with Crippen molar-refractivity contribution >= 4 is 24.0 Å². The molecule has 1 aromatic rings. The van der Waals surface area contributed by atoms with Crippen molar-refractivity contribution < 1.29 is 9.53 Å². The highest BCUT2D eigenvalue weighted by molar-refractivity contribution is 6.08. The number of amides is 1. The van der Waals surface area contributed by atoms with Crippen LogP contribution in [0, 0.1) is 0 Å². The number of methoxy groups -OCH3 is 1. The summed E-state index contributed by atoms with van der Waals surface area (Å²) in [5, 5.41) is 3.38. The summed E-state index contributed by atoms with van der Waals surface area (Å²) >= 11 is 0. The van der Waals surface area contributed by atoms with E-state index in [0.29, 0.717) is 0 Å². The Morgan fingerprint density at radius 3 is 2.80 bits per heavy atom. The summed E-state index contributed by atoms with van der Waals surface area (Å²) in [6.45, 7) is 3.65. The summed E-state index contributed by atoms with van der Waals surface area (Å²) < 4.78 is 5.38. The van der Waals surface area contributed by atoms with E-state index in [4.69, 9.17) is 4.74 Å². The molecule has 2 aliphatic rings. The monoisotopic (exact) mass is 296 g/mol. The molecule has 1 spiro atoms. The van der Waals surface area contributed by atoms with Gasteiger partial charge in [-0.2, -0.15) is 0 Å². The van der Waals surface area contributed by atoms with Crippen LogP contribution in [-0.4, -0.2) is 32.3 Å².